The number of hydrogen-bond donors (Lipinski definition) is 1. The molecule has 106 valence electrons. The molecule has 2 rings (SSSR count). The van der Waals surface area contributed by atoms with Crippen molar-refractivity contribution in [2.75, 3.05) is 18.1 Å². The molecule has 2 N–H and O–H groups in total. The van der Waals surface area contributed by atoms with Crippen LogP contribution in [-0.4, -0.2) is 36.8 Å². The Morgan fingerprint density at radius 3 is 2.84 bits per heavy atom. The van der Waals surface area contributed by atoms with Crippen molar-refractivity contribution in [3.8, 4) is 0 Å². The van der Waals surface area contributed by atoms with Crippen LogP contribution in [0.25, 0.3) is 0 Å². The van der Waals surface area contributed by atoms with Crippen molar-refractivity contribution in [3.63, 3.8) is 0 Å². The standard InChI is InChI=1S/C12H17BrN2O2S2/c1-9-8-18-5-4-15(9)19(16,17)12-3-2-10(7-14)6-11(12)13/h2-3,6,9H,4-5,7-8,14H2,1H3. The van der Waals surface area contributed by atoms with E-state index in [4.69, 9.17) is 5.73 Å². The van der Waals surface area contributed by atoms with E-state index in [1.54, 1.807) is 34.3 Å². The summed E-state index contributed by atoms with van der Waals surface area (Å²) in [6.07, 6.45) is 0. The molecule has 4 nitrogen and oxygen atoms in total. The van der Waals surface area contributed by atoms with E-state index in [2.05, 4.69) is 15.9 Å². The highest BCUT2D eigenvalue weighted by atomic mass is 79.9. The minimum atomic E-state index is -3.43. The summed E-state index contributed by atoms with van der Waals surface area (Å²) in [5.74, 6) is 1.69. The van der Waals surface area contributed by atoms with Crippen LogP contribution in [0, 0.1) is 0 Å². The molecule has 0 aliphatic carbocycles. The minimum absolute atomic E-state index is 0.0323. The van der Waals surface area contributed by atoms with Gasteiger partial charge in [0.2, 0.25) is 10.0 Å². The van der Waals surface area contributed by atoms with Crippen LogP contribution in [0.4, 0.5) is 0 Å². The van der Waals surface area contributed by atoms with Gasteiger partial charge in [-0.15, -0.1) is 0 Å². The highest BCUT2D eigenvalue weighted by molar-refractivity contribution is 9.10. The molecule has 1 aromatic carbocycles. The first-order valence-corrected chi connectivity index (χ1v) is 9.43. The molecular weight excluding hydrogens is 348 g/mol. The Labute approximate surface area is 126 Å². The van der Waals surface area contributed by atoms with Gasteiger partial charge in [-0.3, -0.25) is 0 Å². The van der Waals surface area contributed by atoms with Crippen molar-refractivity contribution < 1.29 is 8.42 Å². The second-order valence-electron chi connectivity index (χ2n) is 4.51. The topological polar surface area (TPSA) is 63.4 Å². The van der Waals surface area contributed by atoms with Crippen molar-refractivity contribution in [1.82, 2.24) is 4.31 Å². The first-order chi connectivity index (χ1) is 8.96. The van der Waals surface area contributed by atoms with Gasteiger partial charge in [0.25, 0.3) is 0 Å². The van der Waals surface area contributed by atoms with Gasteiger partial charge in [-0.2, -0.15) is 16.1 Å². The molecule has 1 unspecified atom stereocenters. The summed E-state index contributed by atoms with van der Waals surface area (Å²) in [6.45, 7) is 2.92. The Kier molecular flexibility index (Phi) is 4.94. The number of thioether (sulfide) groups is 1. The highest BCUT2D eigenvalue weighted by Gasteiger charge is 2.32. The third kappa shape index (κ3) is 3.16. The van der Waals surface area contributed by atoms with E-state index in [-0.39, 0.29) is 6.04 Å². The molecule has 0 aromatic heterocycles. The Morgan fingerprint density at radius 1 is 1.53 bits per heavy atom. The summed E-state index contributed by atoms with van der Waals surface area (Å²) in [6, 6.07) is 5.21. The summed E-state index contributed by atoms with van der Waals surface area (Å²) < 4.78 is 27.5. The van der Waals surface area contributed by atoms with Crippen LogP contribution in [0.2, 0.25) is 0 Å². The van der Waals surface area contributed by atoms with Gasteiger partial charge < -0.3 is 5.73 Å². The monoisotopic (exact) mass is 364 g/mol. The average Bonchev–Trinajstić information content (AvgIpc) is 2.38. The van der Waals surface area contributed by atoms with Gasteiger partial charge >= 0.3 is 0 Å². The van der Waals surface area contributed by atoms with E-state index < -0.39 is 10.0 Å². The molecule has 1 atom stereocenters. The van der Waals surface area contributed by atoms with Crippen LogP contribution >= 0.6 is 27.7 Å². The van der Waals surface area contributed by atoms with Crippen molar-refractivity contribution >= 4 is 37.7 Å². The molecule has 1 heterocycles. The van der Waals surface area contributed by atoms with Crippen LogP contribution in [-0.2, 0) is 16.6 Å². The Bertz CT molecular complexity index is 563. The molecule has 0 radical (unpaired) electrons. The number of rotatable bonds is 3. The number of nitrogens with two attached hydrogens (primary N) is 1. The SMILES string of the molecule is CC1CSCCN1S(=O)(=O)c1ccc(CN)cc1Br. The number of benzene rings is 1. The van der Waals surface area contributed by atoms with E-state index in [0.717, 1.165) is 17.1 Å². The Hall–Kier alpha value is -0.0800. The van der Waals surface area contributed by atoms with Gasteiger partial charge in [-0.1, -0.05) is 6.07 Å². The van der Waals surface area contributed by atoms with Gasteiger partial charge in [0.1, 0.15) is 0 Å². The van der Waals surface area contributed by atoms with Crippen molar-refractivity contribution in [2.24, 2.45) is 5.73 Å². The largest absolute Gasteiger partial charge is 0.326 e. The predicted octanol–water partition coefficient (Wildman–Crippen LogP) is 2.03. The maximum Gasteiger partial charge on any atom is 0.244 e. The maximum absolute atomic E-state index is 12.7. The van der Waals surface area contributed by atoms with E-state index in [1.165, 1.54) is 0 Å². The molecule has 1 aliphatic rings. The number of nitrogens with zero attached hydrogens (tertiary/aromatic N) is 1. The number of sulfonamides is 1. The molecule has 1 fully saturated rings. The van der Waals surface area contributed by atoms with E-state index in [1.807, 2.05) is 6.92 Å². The summed E-state index contributed by atoms with van der Waals surface area (Å²) in [5.41, 5.74) is 6.47. The first-order valence-electron chi connectivity index (χ1n) is 6.05. The number of halogens is 1. The van der Waals surface area contributed by atoms with Gasteiger partial charge in [0.05, 0.1) is 4.90 Å². The Balaban J connectivity index is 2.38. The lowest BCUT2D eigenvalue weighted by Crippen LogP contribution is -2.44. The second kappa shape index (κ2) is 6.13. The lowest BCUT2D eigenvalue weighted by molar-refractivity contribution is 0.367. The van der Waals surface area contributed by atoms with Gasteiger partial charge in [-0.05, 0) is 40.5 Å². The maximum atomic E-state index is 12.7. The zero-order valence-corrected chi connectivity index (χ0v) is 13.9. The average molecular weight is 365 g/mol. The molecule has 1 aromatic rings. The van der Waals surface area contributed by atoms with Crippen LogP contribution in [0.15, 0.2) is 27.6 Å². The number of hydrogen-bond acceptors (Lipinski definition) is 4. The van der Waals surface area contributed by atoms with Crippen LogP contribution < -0.4 is 5.73 Å². The molecule has 0 bridgehead atoms. The molecule has 19 heavy (non-hydrogen) atoms. The second-order valence-corrected chi connectivity index (χ2v) is 8.37. The zero-order chi connectivity index (χ0) is 14.0. The fraction of sp³-hybridized carbons (Fsp3) is 0.500. The minimum Gasteiger partial charge on any atom is -0.326 e. The molecule has 1 saturated heterocycles. The van der Waals surface area contributed by atoms with E-state index in [9.17, 15) is 8.42 Å². The summed E-state index contributed by atoms with van der Waals surface area (Å²) in [5, 5.41) is 0. The smallest absolute Gasteiger partial charge is 0.244 e. The van der Waals surface area contributed by atoms with Crippen LogP contribution in [0.1, 0.15) is 12.5 Å². The third-order valence-corrected chi connectivity index (χ3v) is 7.30. The van der Waals surface area contributed by atoms with E-state index in [0.29, 0.717) is 22.5 Å². The van der Waals surface area contributed by atoms with Gasteiger partial charge in [0, 0.05) is 35.1 Å². The highest BCUT2D eigenvalue weighted by Crippen LogP contribution is 2.29. The van der Waals surface area contributed by atoms with Crippen LogP contribution in [0.5, 0.6) is 0 Å². The molecular formula is C12H17BrN2O2S2. The fourth-order valence-corrected chi connectivity index (χ4v) is 6.02. The summed E-state index contributed by atoms with van der Waals surface area (Å²) >= 11 is 5.14. The third-order valence-electron chi connectivity index (χ3n) is 3.13. The van der Waals surface area contributed by atoms with Crippen LogP contribution in [0.3, 0.4) is 0 Å². The Morgan fingerprint density at radius 2 is 2.26 bits per heavy atom. The normalized spacial score (nSPS) is 21.5. The molecule has 0 amide bonds. The quantitative estimate of drug-likeness (QED) is 0.890. The van der Waals surface area contributed by atoms with Crippen molar-refractivity contribution in [2.45, 2.75) is 24.4 Å². The zero-order valence-electron chi connectivity index (χ0n) is 10.7. The summed E-state index contributed by atoms with van der Waals surface area (Å²) in [7, 11) is -3.43. The lowest BCUT2D eigenvalue weighted by atomic mass is 10.2. The predicted molar refractivity (Wildman–Crippen MR) is 82.7 cm³/mol. The lowest BCUT2D eigenvalue weighted by Gasteiger charge is -2.32. The molecule has 7 heteroatoms. The molecule has 1 aliphatic heterocycles. The van der Waals surface area contributed by atoms with E-state index >= 15 is 0 Å². The van der Waals surface area contributed by atoms with Gasteiger partial charge in [0.15, 0.2) is 0 Å². The summed E-state index contributed by atoms with van der Waals surface area (Å²) in [4.78, 5) is 0.323. The first kappa shape index (κ1) is 15.3. The molecule has 0 spiro atoms. The van der Waals surface area contributed by atoms with Crippen molar-refractivity contribution in [3.05, 3.63) is 28.2 Å². The van der Waals surface area contributed by atoms with Crippen molar-refractivity contribution in [1.29, 1.82) is 0 Å². The molecule has 0 saturated carbocycles. The van der Waals surface area contributed by atoms with Gasteiger partial charge in [-0.25, -0.2) is 8.42 Å². The fourth-order valence-electron chi connectivity index (χ4n) is 2.08.